The molecule has 3 aliphatic rings. The number of esters is 1. The summed E-state index contributed by atoms with van der Waals surface area (Å²) < 4.78 is 18.5. The van der Waals surface area contributed by atoms with E-state index in [1.165, 1.54) is 0 Å². The number of carboxylic acid groups (broad SMARTS) is 1. The van der Waals surface area contributed by atoms with Gasteiger partial charge in [-0.1, -0.05) is 20.8 Å². The van der Waals surface area contributed by atoms with Gasteiger partial charge in [-0.2, -0.15) is 0 Å². The largest absolute Gasteiger partial charge is 0.486 e. The van der Waals surface area contributed by atoms with Crippen molar-refractivity contribution in [2.45, 2.75) is 65.3 Å². The molecule has 212 valence electrons. The SMILES string of the molecule is CC(=O)O.CCC1(O)C(=O)OCc2c1cc1n(c2=O)Cc2c-1nc1cc3c(cc1c2CCNC(C)C)OCCO3. The summed E-state index contributed by atoms with van der Waals surface area (Å²) in [7, 11) is 0. The molecule has 2 aromatic heterocycles. The summed E-state index contributed by atoms with van der Waals surface area (Å²) in [5.41, 5.74) is 2.63. The number of aromatic nitrogens is 2. The molecule has 3 N–H and O–H groups in total. The van der Waals surface area contributed by atoms with E-state index in [4.69, 9.17) is 29.1 Å². The van der Waals surface area contributed by atoms with Gasteiger partial charge in [0.1, 0.15) is 19.8 Å². The number of rotatable bonds is 5. The van der Waals surface area contributed by atoms with Crippen molar-refractivity contribution in [3.63, 3.8) is 0 Å². The van der Waals surface area contributed by atoms with Gasteiger partial charge < -0.3 is 34.3 Å². The van der Waals surface area contributed by atoms with Crippen LogP contribution in [-0.4, -0.2) is 57.5 Å². The first-order chi connectivity index (χ1) is 19.0. The van der Waals surface area contributed by atoms with E-state index in [2.05, 4.69) is 19.2 Å². The van der Waals surface area contributed by atoms with Gasteiger partial charge in [-0.15, -0.1) is 0 Å². The van der Waals surface area contributed by atoms with Crippen molar-refractivity contribution in [2.75, 3.05) is 19.8 Å². The zero-order valence-electron chi connectivity index (χ0n) is 23.0. The Morgan fingerprint density at radius 2 is 1.80 bits per heavy atom. The third-order valence-electron chi connectivity index (χ3n) is 7.40. The van der Waals surface area contributed by atoms with Crippen LogP contribution >= 0.6 is 0 Å². The summed E-state index contributed by atoms with van der Waals surface area (Å²) in [5.74, 6) is -0.215. The van der Waals surface area contributed by atoms with E-state index in [1.807, 2.05) is 12.1 Å². The average molecular weight is 552 g/mol. The number of fused-ring (bicyclic) bond motifs is 6. The first-order valence-electron chi connectivity index (χ1n) is 13.4. The molecule has 0 saturated heterocycles. The predicted octanol–water partition coefficient (Wildman–Crippen LogP) is 2.48. The van der Waals surface area contributed by atoms with Crippen molar-refractivity contribution in [1.82, 2.24) is 14.9 Å². The molecule has 0 fully saturated rings. The molecule has 11 nitrogen and oxygen atoms in total. The Hall–Kier alpha value is -3.96. The second-order valence-electron chi connectivity index (χ2n) is 10.4. The van der Waals surface area contributed by atoms with Crippen LogP contribution < -0.4 is 20.3 Å². The van der Waals surface area contributed by atoms with Gasteiger partial charge in [0.05, 0.1) is 29.0 Å². The number of ether oxygens (including phenoxy) is 3. The van der Waals surface area contributed by atoms with Gasteiger partial charge in [-0.3, -0.25) is 9.59 Å². The number of aliphatic carboxylic acids is 1. The maximum absolute atomic E-state index is 13.6. The molecule has 5 heterocycles. The molecule has 0 radical (unpaired) electrons. The van der Waals surface area contributed by atoms with E-state index in [0.717, 1.165) is 41.9 Å². The van der Waals surface area contributed by atoms with Crippen molar-refractivity contribution < 1.29 is 34.0 Å². The second-order valence-corrected chi connectivity index (χ2v) is 10.4. The van der Waals surface area contributed by atoms with Crippen LogP contribution in [0.25, 0.3) is 22.3 Å². The molecule has 3 aromatic rings. The summed E-state index contributed by atoms with van der Waals surface area (Å²) in [6, 6.07) is 5.97. The van der Waals surface area contributed by atoms with Gasteiger partial charge in [0.2, 0.25) is 0 Å². The molecule has 11 heteroatoms. The fourth-order valence-electron chi connectivity index (χ4n) is 5.47. The van der Waals surface area contributed by atoms with Crippen LogP contribution in [0.1, 0.15) is 56.4 Å². The second kappa shape index (κ2) is 10.5. The highest BCUT2D eigenvalue weighted by molar-refractivity contribution is 5.91. The Balaban J connectivity index is 0.000000758. The molecule has 3 aliphatic heterocycles. The van der Waals surface area contributed by atoms with Gasteiger partial charge in [-0.25, -0.2) is 9.78 Å². The summed E-state index contributed by atoms with van der Waals surface area (Å²) in [6.07, 6.45) is 0.845. The molecule has 1 aromatic carbocycles. The van der Waals surface area contributed by atoms with Crippen LogP contribution in [0.5, 0.6) is 11.5 Å². The molecule has 1 atom stereocenters. The average Bonchev–Trinajstić information content (AvgIpc) is 3.28. The Labute approximate surface area is 230 Å². The van der Waals surface area contributed by atoms with E-state index in [-0.39, 0.29) is 18.6 Å². The predicted molar refractivity (Wildman–Crippen MR) is 146 cm³/mol. The van der Waals surface area contributed by atoms with Gasteiger partial charge in [0, 0.05) is 35.5 Å². The van der Waals surface area contributed by atoms with E-state index >= 15 is 0 Å². The lowest BCUT2D eigenvalue weighted by Crippen LogP contribution is -2.44. The van der Waals surface area contributed by atoms with Crippen molar-refractivity contribution in [2.24, 2.45) is 0 Å². The maximum Gasteiger partial charge on any atom is 0.343 e. The molecule has 1 unspecified atom stereocenters. The number of nitrogens with zero attached hydrogens (tertiary/aromatic N) is 2. The molecule has 0 bridgehead atoms. The number of carbonyl (C=O) groups excluding carboxylic acids is 1. The first kappa shape index (κ1) is 27.6. The fraction of sp³-hybridized carbons (Fsp3) is 0.448. The fourth-order valence-corrected chi connectivity index (χ4v) is 5.47. The molecule has 0 spiro atoms. The number of nitrogens with one attached hydrogen (secondary N) is 1. The topological polar surface area (TPSA) is 149 Å². The number of carbonyl (C=O) groups is 2. The summed E-state index contributed by atoms with van der Waals surface area (Å²) >= 11 is 0. The molecular formula is C29H33N3O8. The van der Waals surface area contributed by atoms with E-state index in [9.17, 15) is 14.7 Å². The lowest BCUT2D eigenvalue weighted by molar-refractivity contribution is -0.172. The molecule has 0 aliphatic carbocycles. The van der Waals surface area contributed by atoms with E-state index in [0.29, 0.717) is 59.8 Å². The molecule has 40 heavy (non-hydrogen) atoms. The minimum Gasteiger partial charge on any atom is -0.486 e. The lowest BCUT2D eigenvalue weighted by atomic mass is 9.86. The Morgan fingerprint density at radius 3 is 2.45 bits per heavy atom. The highest BCUT2D eigenvalue weighted by Crippen LogP contribution is 2.42. The first-order valence-corrected chi connectivity index (χ1v) is 13.4. The van der Waals surface area contributed by atoms with Crippen molar-refractivity contribution in [1.29, 1.82) is 0 Å². The number of benzene rings is 1. The lowest BCUT2D eigenvalue weighted by Gasteiger charge is -2.31. The molecule has 0 amide bonds. The summed E-state index contributed by atoms with van der Waals surface area (Å²) in [6.45, 7) is 8.95. The van der Waals surface area contributed by atoms with Gasteiger partial charge in [0.25, 0.3) is 11.5 Å². The third-order valence-corrected chi connectivity index (χ3v) is 7.40. The van der Waals surface area contributed by atoms with E-state index in [1.54, 1.807) is 17.6 Å². The minimum absolute atomic E-state index is 0.106. The van der Waals surface area contributed by atoms with Crippen molar-refractivity contribution >= 4 is 22.8 Å². The van der Waals surface area contributed by atoms with Crippen LogP contribution in [0.3, 0.4) is 0 Å². The maximum atomic E-state index is 13.6. The Morgan fingerprint density at radius 1 is 1.12 bits per heavy atom. The van der Waals surface area contributed by atoms with Crippen molar-refractivity contribution in [3.8, 4) is 22.9 Å². The number of hydrogen-bond acceptors (Lipinski definition) is 9. The Bertz CT molecular complexity index is 1570. The van der Waals surface area contributed by atoms with E-state index < -0.39 is 17.5 Å². The highest BCUT2D eigenvalue weighted by atomic mass is 16.6. The summed E-state index contributed by atoms with van der Waals surface area (Å²) in [4.78, 5) is 40.0. The standard InChI is InChI=1S/C27H29N3O6.C2H4O2/c1-4-27(33)19-10-21-24-17(12-30(21)25(31)18(19)13-36-26(27)32)15(5-6-28-14(2)3)16-9-22-23(11-20(16)29-24)35-8-7-34-22;1-2(3)4/h9-11,14,28,33H,4-8,12-13H2,1-3H3;1H3,(H,3,4). The van der Waals surface area contributed by atoms with Gasteiger partial charge >= 0.3 is 5.97 Å². The normalized spacial score (nSPS) is 18.4. The van der Waals surface area contributed by atoms with Crippen LogP contribution in [0.2, 0.25) is 0 Å². The zero-order chi connectivity index (χ0) is 28.8. The van der Waals surface area contributed by atoms with Crippen LogP contribution in [-0.2, 0) is 39.5 Å². The number of aliphatic hydroxyl groups is 1. The van der Waals surface area contributed by atoms with Gasteiger partial charge in [-0.05, 0) is 37.1 Å². The minimum atomic E-state index is -1.85. The number of pyridine rings is 2. The number of carboxylic acids is 1. The smallest absolute Gasteiger partial charge is 0.343 e. The molecular weight excluding hydrogens is 518 g/mol. The van der Waals surface area contributed by atoms with Crippen LogP contribution in [0, 0.1) is 0 Å². The molecule has 0 saturated carbocycles. The third kappa shape index (κ3) is 4.69. The van der Waals surface area contributed by atoms with Gasteiger partial charge in [0.15, 0.2) is 17.1 Å². The Kier molecular flexibility index (Phi) is 7.28. The molecule has 6 rings (SSSR count). The quantitative estimate of drug-likeness (QED) is 0.316. The number of cyclic esters (lactones) is 1. The highest BCUT2D eigenvalue weighted by Gasteiger charge is 2.45. The van der Waals surface area contributed by atoms with Crippen LogP contribution in [0.15, 0.2) is 23.0 Å². The monoisotopic (exact) mass is 551 g/mol. The zero-order valence-corrected chi connectivity index (χ0v) is 23.0. The number of hydrogen-bond donors (Lipinski definition) is 3. The van der Waals surface area contributed by atoms with Crippen molar-refractivity contribution in [3.05, 3.63) is 50.8 Å². The summed E-state index contributed by atoms with van der Waals surface area (Å²) in [5, 5.41) is 23.0. The van der Waals surface area contributed by atoms with Crippen LogP contribution in [0.4, 0.5) is 0 Å².